The summed E-state index contributed by atoms with van der Waals surface area (Å²) in [7, 11) is 0. The summed E-state index contributed by atoms with van der Waals surface area (Å²) < 4.78 is 0. The predicted octanol–water partition coefficient (Wildman–Crippen LogP) is 1.65. The van der Waals surface area contributed by atoms with Crippen LogP contribution in [0.3, 0.4) is 0 Å². The van der Waals surface area contributed by atoms with Gasteiger partial charge in [0.2, 0.25) is 0 Å². The van der Waals surface area contributed by atoms with E-state index in [0.29, 0.717) is 5.01 Å². The second-order valence-electron chi connectivity index (χ2n) is 2.84. The lowest BCUT2D eigenvalue weighted by Crippen LogP contribution is -1.90. The van der Waals surface area contributed by atoms with E-state index >= 15 is 0 Å². The molecule has 0 radical (unpaired) electrons. The van der Waals surface area contributed by atoms with Crippen LogP contribution < -0.4 is 0 Å². The minimum atomic E-state index is -0.523. The van der Waals surface area contributed by atoms with Gasteiger partial charge in [0, 0.05) is 17.8 Å². The maximum atomic E-state index is 9.30. The molecule has 72 valence electrons. The van der Waals surface area contributed by atoms with E-state index in [4.69, 9.17) is 0 Å². The van der Waals surface area contributed by atoms with Crippen LogP contribution in [0.4, 0.5) is 0 Å². The Labute approximate surface area is 85.3 Å². The third-order valence-electron chi connectivity index (χ3n) is 1.70. The first-order valence-electron chi connectivity index (χ1n) is 4.17. The smallest absolute Gasteiger partial charge is 0.122 e. The third-order valence-corrected chi connectivity index (χ3v) is 2.72. The Balaban J connectivity index is 2.34. The molecular weight excluding hydrogens is 198 g/mol. The molecule has 0 saturated heterocycles. The number of rotatable bonds is 2. The Morgan fingerprint density at radius 1 is 1.36 bits per heavy atom. The van der Waals surface area contributed by atoms with Crippen molar-refractivity contribution in [2.75, 3.05) is 0 Å². The lowest BCUT2D eigenvalue weighted by Gasteiger charge is -1.96. The molecule has 2 heterocycles. The first kappa shape index (κ1) is 9.23. The molecule has 0 saturated carbocycles. The molecule has 0 aromatic carbocycles. The molecule has 1 atom stereocenters. The van der Waals surface area contributed by atoms with Crippen molar-refractivity contribution in [1.82, 2.24) is 15.0 Å². The Bertz CT molecular complexity index is 413. The largest absolute Gasteiger partial charge is 0.386 e. The van der Waals surface area contributed by atoms with Crippen LogP contribution in [0.15, 0.2) is 24.0 Å². The van der Waals surface area contributed by atoms with Crippen molar-refractivity contribution in [3.8, 4) is 11.4 Å². The molecule has 2 rings (SSSR count). The van der Waals surface area contributed by atoms with Gasteiger partial charge in [-0.1, -0.05) is 0 Å². The van der Waals surface area contributed by atoms with Gasteiger partial charge in [-0.25, -0.2) is 4.98 Å². The second kappa shape index (κ2) is 3.81. The molecular formula is C9H9N3OS. The minimum Gasteiger partial charge on any atom is -0.386 e. The van der Waals surface area contributed by atoms with E-state index < -0.39 is 6.10 Å². The van der Waals surface area contributed by atoms with E-state index in [0.717, 1.165) is 11.4 Å². The minimum absolute atomic E-state index is 0.523. The van der Waals surface area contributed by atoms with Crippen molar-refractivity contribution in [3.63, 3.8) is 0 Å². The van der Waals surface area contributed by atoms with Crippen LogP contribution in [0.25, 0.3) is 11.4 Å². The first-order valence-corrected chi connectivity index (χ1v) is 5.05. The lowest BCUT2D eigenvalue weighted by molar-refractivity contribution is 0.199. The molecule has 1 unspecified atom stereocenters. The SMILES string of the molecule is CC(O)c1nc(-c2cnccn2)cs1. The highest BCUT2D eigenvalue weighted by molar-refractivity contribution is 7.10. The van der Waals surface area contributed by atoms with Crippen LogP contribution in [0, 0.1) is 0 Å². The van der Waals surface area contributed by atoms with Crippen molar-refractivity contribution in [1.29, 1.82) is 0 Å². The van der Waals surface area contributed by atoms with Gasteiger partial charge in [-0.15, -0.1) is 11.3 Å². The molecule has 0 spiro atoms. The summed E-state index contributed by atoms with van der Waals surface area (Å²) in [4.78, 5) is 12.3. The van der Waals surface area contributed by atoms with Gasteiger partial charge in [-0.3, -0.25) is 9.97 Å². The van der Waals surface area contributed by atoms with Crippen molar-refractivity contribution in [3.05, 3.63) is 29.0 Å². The van der Waals surface area contributed by atoms with E-state index in [9.17, 15) is 5.11 Å². The van der Waals surface area contributed by atoms with Gasteiger partial charge in [0.15, 0.2) is 0 Å². The molecule has 0 fully saturated rings. The monoisotopic (exact) mass is 207 g/mol. The Kier molecular flexibility index (Phi) is 2.51. The van der Waals surface area contributed by atoms with Gasteiger partial charge >= 0.3 is 0 Å². The van der Waals surface area contributed by atoms with Crippen LogP contribution in [0.5, 0.6) is 0 Å². The van der Waals surface area contributed by atoms with Gasteiger partial charge in [-0.05, 0) is 6.92 Å². The molecule has 0 aliphatic heterocycles. The van der Waals surface area contributed by atoms with E-state index in [1.54, 1.807) is 25.5 Å². The van der Waals surface area contributed by atoms with Crippen LogP contribution in [-0.4, -0.2) is 20.1 Å². The van der Waals surface area contributed by atoms with Crippen LogP contribution in [-0.2, 0) is 0 Å². The van der Waals surface area contributed by atoms with Gasteiger partial charge in [-0.2, -0.15) is 0 Å². The summed E-state index contributed by atoms with van der Waals surface area (Å²) in [5.41, 5.74) is 1.50. The maximum absolute atomic E-state index is 9.30. The van der Waals surface area contributed by atoms with E-state index in [1.807, 2.05) is 5.38 Å². The zero-order valence-electron chi connectivity index (χ0n) is 7.58. The molecule has 1 N–H and O–H groups in total. The molecule has 5 heteroatoms. The highest BCUT2D eigenvalue weighted by atomic mass is 32.1. The Hall–Kier alpha value is -1.33. The molecule has 0 amide bonds. The summed E-state index contributed by atoms with van der Waals surface area (Å²) in [5.74, 6) is 0. The summed E-state index contributed by atoms with van der Waals surface area (Å²) >= 11 is 1.42. The zero-order chi connectivity index (χ0) is 9.97. The zero-order valence-corrected chi connectivity index (χ0v) is 8.40. The lowest BCUT2D eigenvalue weighted by atomic mass is 10.3. The number of hydrogen-bond acceptors (Lipinski definition) is 5. The topological polar surface area (TPSA) is 58.9 Å². The fraction of sp³-hybridized carbons (Fsp3) is 0.222. The van der Waals surface area contributed by atoms with E-state index in [-0.39, 0.29) is 0 Å². The molecule has 4 nitrogen and oxygen atoms in total. The Morgan fingerprint density at radius 2 is 2.21 bits per heavy atom. The summed E-state index contributed by atoms with van der Waals surface area (Å²) in [6.07, 6.45) is 4.37. The van der Waals surface area contributed by atoms with Crippen molar-refractivity contribution < 1.29 is 5.11 Å². The van der Waals surface area contributed by atoms with Crippen molar-refractivity contribution in [2.45, 2.75) is 13.0 Å². The number of thiazole rings is 1. The van der Waals surface area contributed by atoms with E-state index in [1.165, 1.54) is 11.3 Å². The normalized spacial score (nSPS) is 12.7. The average Bonchev–Trinajstić information content (AvgIpc) is 2.68. The standard InChI is InChI=1S/C9H9N3OS/c1-6(13)9-12-8(5-14-9)7-4-10-2-3-11-7/h2-6,13H,1H3. The third kappa shape index (κ3) is 1.78. The van der Waals surface area contributed by atoms with Gasteiger partial charge in [0.1, 0.15) is 22.5 Å². The molecule has 14 heavy (non-hydrogen) atoms. The number of aliphatic hydroxyl groups excluding tert-OH is 1. The highest BCUT2D eigenvalue weighted by Gasteiger charge is 2.08. The van der Waals surface area contributed by atoms with Crippen LogP contribution in [0.1, 0.15) is 18.0 Å². The van der Waals surface area contributed by atoms with Crippen LogP contribution >= 0.6 is 11.3 Å². The number of hydrogen-bond donors (Lipinski definition) is 1. The second-order valence-corrected chi connectivity index (χ2v) is 3.73. The molecule has 0 bridgehead atoms. The van der Waals surface area contributed by atoms with Gasteiger partial charge in [0.25, 0.3) is 0 Å². The fourth-order valence-electron chi connectivity index (χ4n) is 1.03. The van der Waals surface area contributed by atoms with Crippen LogP contribution in [0.2, 0.25) is 0 Å². The number of aliphatic hydroxyl groups is 1. The van der Waals surface area contributed by atoms with Crippen molar-refractivity contribution in [2.24, 2.45) is 0 Å². The summed E-state index contributed by atoms with van der Waals surface area (Å²) in [6.45, 7) is 1.69. The summed E-state index contributed by atoms with van der Waals surface area (Å²) in [6, 6.07) is 0. The first-order chi connectivity index (χ1) is 6.77. The summed E-state index contributed by atoms with van der Waals surface area (Å²) in [5, 5.41) is 11.9. The van der Waals surface area contributed by atoms with E-state index in [2.05, 4.69) is 15.0 Å². The molecule has 0 aliphatic rings. The Morgan fingerprint density at radius 3 is 2.79 bits per heavy atom. The predicted molar refractivity (Wildman–Crippen MR) is 53.8 cm³/mol. The fourth-order valence-corrected chi connectivity index (χ4v) is 1.78. The highest BCUT2D eigenvalue weighted by Crippen LogP contribution is 2.23. The van der Waals surface area contributed by atoms with Gasteiger partial charge in [0.05, 0.1) is 6.20 Å². The van der Waals surface area contributed by atoms with Crippen molar-refractivity contribution >= 4 is 11.3 Å². The molecule has 2 aromatic rings. The molecule has 0 aliphatic carbocycles. The molecule has 2 aromatic heterocycles. The quantitative estimate of drug-likeness (QED) is 0.813. The number of nitrogens with zero attached hydrogens (tertiary/aromatic N) is 3. The average molecular weight is 207 g/mol. The number of aromatic nitrogens is 3. The van der Waals surface area contributed by atoms with Gasteiger partial charge < -0.3 is 5.11 Å². The maximum Gasteiger partial charge on any atom is 0.122 e.